The van der Waals surface area contributed by atoms with Crippen molar-refractivity contribution in [2.24, 2.45) is 4.99 Å². The lowest BCUT2D eigenvalue weighted by molar-refractivity contribution is -0.0367. The van der Waals surface area contributed by atoms with Crippen molar-refractivity contribution in [2.75, 3.05) is 32.8 Å². The molecule has 0 radical (unpaired) electrons. The van der Waals surface area contributed by atoms with Gasteiger partial charge in [0.05, 0.1) is 18.8 Å². The molecule has 0 bridgehead atoms. The molecule has 1 aromatic heterocycles. The first-order valence-electron chi connectivity index (χ1n) is 11.0. The summed E-state index contributed by atoms with van der Waals surface area (Å²) in [5.41, 5.74) is 2.12. The summed E-state index contributed by atoms with van der Waals surface area (Å²) in [4.78, 5) is 7.22. The second-order valence-corrected chi connectivity index (χ2v) is 7.97. The number of furan rings is 1. The molecular weight excluding hydrogens is 493 g/mol. The van der Waals surface area contributed by atoms with E-state index >= 15 is 0 Å². The van der Waals surface area contributed by atoms with Crippen molar-refractivity contribution in [3.8, 4) is 0 Å². The highest BCUT2D eigenvalue weighted by atomic mass is 127. The summed E-state index contributed by atoms with van der Waals surface area (Å²) in [5.74, 6) is 1.90. The number of likely N-dealkylation sites (tertiary alicyclic amines) is 1. The molecular formula is C23H34IN3O3. The number of piperidine rings is 1. The molecule has 0 saturated carbocycles. The fourth-order valence-electron chi connectivity index (χ4n) is 4.20. The van der Waals surface area contributed by atoms with Gasteiger partial charge in [0.15, 0.2) is 5.96 Å². The van der Waals surface area contributed by atoms with Crippen LogP contribution in [0.4, 0.5) is 0 Å². The predicted octanol–water partition coefficient (Wildman–Crippen LogP) is 4.48. The van der Waals surface area contributed by atoms with Gasteiger partial charge in [-0.05, 0) is 45.6 Å². The molecule has 2 aliphatic rings. The Labute approximate surface area is 196 Å². The first-order chi connectivity index (χ1) is 14.2. The Morgan fingerprint density at radius 3 is 2.73 bits per heavy atom. The van der Waals surface area contributed by atoms with E-state index in [2.05, 4.69) is 30.1 Å². The number of ether oxygens (including phenoxy) is 2. The molecule has 0 aliphatic carbocycles. The van der Waals surface area contributed by atoms with E-state index in [1.54, 1.807) is 0 Å². The van der Waals surface area contributed by atoms with Gasteiger partial charge in [-0.1, -0.05) is 18.2 Å². The van der Waals surface area contributed by atoms with Crippen LogP contribution in [0, 0.1) is 6.92 Å². The van der Waals surface area contributed by atoms with Gasteiger partial charge in [-0.2, -0.15) is 0 Å². The van der Waals surface area contributed by atoms with Gasteiger partial charge in [0.2, 0.25) is 0 Å². The van der Waals surface area contributed by atoms with Crippen LogP contribution in [0.15, 0.2) is 33.7 Å². The number of nitrogens with one attached hydrogen (secondary N) is 1. The van der Waals surface area contributed by atoms with Gasteiger partial charge in [-0.15, -0.1) is 24.0 Å². The number of halogens is 1. The number of rotatable bonds is 6. The Hall–Kier alpha value is -1.32. The smallest absolute Gasteiger partial charge is 0.194 e. The van der Waals surface area contributed by atoms with Crippen LogP contribution in [0.5, 0.6) is 0 Å². The van der Waals surface area contributed by atoms with E-state index in [1.165, 1.54) is 17.4 Å². The number of hydrogen-bond donors (Lipinski definition) is 1. The van der Waals surface area contributed by atoms with Gasteiger partial charge < -0.3 is 24.1 Å². The number of hydrogen-bond acceptors (Lipinski definition) is 4. The molecule has 2 aliphatic heterocycles. The highest BCUT2D eigenvalue weighted by molar-refractivity contribution is 14.0. The van der Waals surface area contributed by atoms with E-state index in [-0.39, 0.29) is 24.0 Å². The number of guanidine groups is 1. The molecule has 4 rings (SSSR count). The van der Waals surface area contributed by atoms with Gasteiger partial charge in [-0.25, -0.2) is 4.99 Å². The molecule has 1 N–H and O–H groups in total. The van der Waals surface area contributed by atoms with Crippen LogP contribution in [0.2, 0.25) is 0 Å². The summed E-state index contributed by atoms with van der Waals surface area (Å²) >= 11 is 0. The molecule has 1 atom stereocenters. The lowest BCUT2D eigenvalue weighted by atomic mass is 10.1. The van der Waals surface area contributed by atoms with E-state index < -0.39 is 0 Å². The molecule has 2 aromatic rings. The first kappa shape index (κ1) is 23.3. The minimum atomic E-state index is 0. The Morgan fingerprint density at radius 1 is 1.23 bits per heavy atom. The Balaban J connectivity index is 0.00000256. The van der Waals surface area contributed by atoms with Gasteiger partial charge in [0, 0.05) is 37.2 Å². The maximum absolute atomic E-state index is 6.11. The third-order valence-corrected chi connectivity index (χ3v) is 5.93. The molecule has 0 spiro atoms. The topological polar surface area (TPSA) is 59.2 Å². The molecule has 30 heavy (non-hydrogen) atoms. The van der Waals surface area contributed by atoms with Crippen molar-refractivity contribution in [3.63, 3.8) is 0 Å². The highest BCUT2D eigenvalue weighted by Gasteiger charge is 2.24. The average Bonchev–Trinajstić information content (AvgIpc) is 3.38. The van der Waals surface area contributed by atoms with Crippen molar-refractivity contribution in [1.29, 1.82) is 0 Å². The van der Waals surface area contributed by atoms with Crippen molar-refractivity contribution >= 4 is 40.9 Å². The molecule has 2 fully saturated rings. The van der Waals surface area contributed by atoms with Crippen molar-refractivity contribution in [2.45, 2.75) is 58.3 Å². The molecule has 166 valence electrons. The first-order valence-corrected chi connectivity index (χ1v) is 11.0. The Morgan fingerprint density at radius 2 is 2.03 bits per heavy atom. The standard InChI is InChI=1S/C23H33N3O3.HI/c1-3-24-23(25-15-22-17(2)20-8-4-5-9-21(20)29-22)26-12-10-18(11-13-26)28-16-19-7-6-14-27-19;/h4-5,8-9,18-19H,3,6-7,10-16H2,1-2H3,(H,24,25);1H. The lowest BCUT2D eigenvalue weighted by Gasteiger charge is -2.34. The zero-order valence-corrected chi connectivity index (χ0v) is 20.4. The second-order valence-electron chi connectivity index (χ2n) is 7.97. The third-order valence-electron chi connectivity index (χ3n) is 5.93. The van der Waals surface area contributed by atoms with E-state index in [0.717, 1.165) is 69.4 Å². The number of fused-ring (bicyclic) bond motifs is 1. The van der Waals surface area contributed by atoms with E-state index in [9.17, 15) is 0 Å². The number of nitrogens with zero attached hydrogens (tertiary/aromatic N) is 2. The lowest BCUT2D eigenvalue weighted by Crippen LogP contribution is -2.47. The van der Waals surface area contributed by atoms with Crippen molar-refractivity contribution in [1.82, 2.24) is 10.2 Å². The normalized spacial score (nSPS) is 20.5. The maximum Gasteiger partial charge on any atom is 0.194 e. The maximum atomic E-state index is 6.11. The summed E-state index contributed by atoms with van der Waals surface area (Å²) in [7, 11) is 0. The van der Waals surface area contributed by atoms with E-state index in [0.29, 0.717) is 18.8 Å². The van der Waals surface area contributed by atoms with Crippen molar-refractivity contribution in [3.05, 3.63) is 35.6 Å². The average molecular weight is 527 g/mol. The van der Waals surface area contributed by atoms with Gasteiger partial charge in [0.25, 0.3) is 0 Å². The van der Waals surface area contributed by atoms with Crippen LogP contribution in [-0.4, -0.2) is 55.9 Å². The monoisotopic (exact) mass is 527 g/mol. The molecule has 2 saturated heterocycles. The number of aryl methyl sites for hydroxylation is 1. The van der Waals surface area contributed by atoms with Crippen LogP contribution >= 0.6 is 24.0 Å². The molecule has 7 heteroatoms. The van der Waals surface area contributed by atoms with Crippen LogP contribution in [-0.2, 0) is 16.0 Å². The third kappa shape index (κ3) is 5.68. The van der Waals surface area contributed by atoms with Crippen LogP contribution in [0.1, 0.15) is 43.9 Å². The summed E-state index contributed by atoms with van der Waals surface area (Å²) < 4.78 is 17.8. The minimum absolute atomic E-state index is 0. The zero-order valence-electron chi connectivity index (χ0n) is 18.1. The fourth-order valence-corrected chi connectivity index (χ4v) is 4.20. The second kappa shape index (κ2) is 11.3. The summed E-state index contributed by atoms with van der Waals surface area (Å²) in [6.45, 7) is 9.18. The molecule has 3 heterocycles. The van der Waals surface area contributed by atoms with E-state index in [4.69, 9.17) is 18.9 Å². The highest BCUT2D eigenvalue weighted by Crippen LogP contribution is 2.25. The van der Waals surface area contributed by atoms with Gasteiger partial charge in [-0.3, -0.25) is 0 Å². The van der Waals surface area contributed by atoms with Crippen LogP contribution in [0.25, 0.3) is 11.0 Å². The summed E-state index contributed by atoms with van der Waals surface area (Å²) in [5, 5.41) is 4.61. The van der Waals surface area contributed by atoms with Gasteiger partial charge >= 0.3 is 0 Å². The number of aliphatic imine (C=N–C) groups is 1. The van der Waals surface area contributed by atoms with Crippen LogP contribution < -0.4 is 5.32 Å². The molecule has 0 amide bonds. The SMILES string of the molecule is CCNC(=NCc1oc2ccccc2c1C)N1CCC(OCC2CCCO2)CC1.I. The van der Waals surface area contributed by atoms with Crippen molar-refractivity contribution < 1.29 is 13.9 Å². The summed E-state index contributed by atoms with van der Waals surface area (Å²) in [6.07, 6.45) is 4.99. The number of para-hydroxylation sites is 1. The predicted molar refractivity (Wildman–Crippen MR) is 131 cm³/mol. The molecule has 1 unspecified atom stereocenters. The minimum Gasteiger partial charge on any atom is -0.459 e. The fraction of sp³-hybridized carbons (Fsp3) is 0.609. The Bertz CT molecular complexity index is 824. The molecule has 6 nitrogen and oxygen atoms in total. The Kier molecular flexibility index (Phi) is 8.83. The summed E-state index contributed by atoms with van der Waals surface area (Å²) in [6, 6.07) is 8.18. The van der Waals surface area contributed by atoms with Crippen LogP contribution in [0.3, 0.4) is 0 Å². The largest absolute Gasteiger partial charge is 0.459 e. The quantitative estimate of drug-likeness (QED) is 0.341. The van der Waals surface area contributed by atoms with E-state index in [1.807, 2.05) is 18.2 Å². The zero-order chi connectivity index (χ0) is 20.1. The van der Waals surface area contributed by atoms with Gasteiger partial charge in [0.1, 0.15) is 17.9 Å². The molecule has 1 aromatic carbocycles. The number of benzene rings is 1.